The van der Waals surface area contributed by atoms with Crippen LogP contribution in [0.15, 0.2) is 16.5 Å². The van der Waals surface area contributed by atoms with Crippen LogP contribution in [-0.4, -0.2) is 37.6 Å². The SMILES string of the molecule is CCC(C)C(C)N(C(=O)c1ccc(CS(C)(=O)=O)o1)C1CC1. The van der Waals surface area contributed by atoms with Gasteiger partial charge in [-0.15, -0.1) is 0 Å². The quantitative estimate of drug-likeness (QED) is 0.772. The summed E-state index contributed by atoms with van der Waals surface area (Å²) in [6.45, 7) is 6.34. The number of amides is 1. The third-order valence-corrected chi connectivity index (χ3v) is 5.17. The summed E-state index contributed by atoms with van der Waals surface area (Å²) in [6.07, 6.45) is 4.22. The number of hydrogen-bond donors (Lipinski definition) is 0. The van der Waals surface area contributed by atoms with Gasteiger partial charge < -0.3 is 9.32 Å². The van der Waals surface area contributed by atoms with Gasteiger partial charge in [0.15, 0.2) is 15.6 Å². The van der Waals surface area contributed by atoms with Crippen molar-refractivity contribution in [2.75, 3.05) is 6.26 Å². The summed E-state index contributed by atoms with van der Waals surface area (Å²) in [7, 11) is -3.17. The van der Waals surface area contributed by atoms with E-state index in [4.69, 9.17) is 4.42 Å². The van der Waals surface area contributed by atoms with Gasteiger partial charge in [0.1, 0.15) is 11.5 Å². The van der Waals surface area contributed by atoms with E-state index in [9.17, 15) is 13.2 Å². The minimum atomic E-state index is -3.17. The lowest BCUT2D eigenvalue weighted by Gasteiger charge is -2.32. The Kier molecular flexibility index (Phi) is 5.00. The smallest absolute Gasteiger partial charge is 0.290 e. The van der Waals surface area contributed by atoms with Gasteiger partial charge >= 0.3 is 0 Å². The zero-order chi connectivity index (χ0) is 16.5. The molecule has 1 heterocycles. The average molecular weight is 327 g/mol. The molecule has 0 aromatic carbocycles. The fourth-order valence-electron chi connectivity index (χ4n) is 2.61. The molecule has 1 saturated carbocycles. The summed E-state index contributed by atoms with van der Waals surface area (Å²) >= 11 is 0. The maximum absolute atomic E-state index is 12.7. The van der Waals surface area contributed by atoms with Crippen LogP contribution in [0.3, 0.4) is 0 Å². The molecule has 1 aromatic rings. The Morgan fingerprint density at radius 2 is 2.00 bits per heavy atom. The highest BCUT2D eigenvalue weighted by Gasteiger charge is 2.38. The zero-order valence-electron chi connectivity index (χ0n) is 13.7. The second kappa shape index (κ2) is 6.44. The molecule has 2 atom stereocenters. The number of furan rings is 1. The van der Waals surface area contributed by atoms with Crippen LogP contribution < -0.4 is 0 Å². The van der Waals surface area contributed by atoms with Gasteiger partial charge in [0.2, 0.25) is 0 Å². The van der Waals surface area contributed by atoms with Crippen molar-refractivity contribution >= 4 is 15.7 Å². The molecule has 5 nitrogen and oxygen atoms in total. The van der Waals surface area contributed by atoms with Gasteiger partial charge in [-0.25, -0.2) is 8.42 Å². The molecule has 2 unspecified atom stereocenters. The van der Waals surface area contributed by atoms with Crippen molar-refractivity contribution in [3.63, 3.8) is 0 Å². The summed E-state index contributed by atoms with van der Waals surface area (Å²) < 4.78 is 28.1. The number of hydrogen-bond acceptors (Lipinski definition) is 4. The highest BCUT2D eigenvalue weighted by atomic mass is 32.2. The molecule has 6 heteroatoms. The zero-order valence-corrected chi connectivity index (χ0v) is 14.5. The van der Waals surface area contributed by atoms with E-state index in [1.54, 1.807) is 12.1 Å². The monoisotopic (exact) mass is 327 g/mol. The topological polar surface area (TPSA) is 67.6 Å². The van der Waals surface area contributed by atoms with Gasteiger partial charge in [-0.05, 0) is 37.8 Å². The Morgan fingerprint density at radius 1 is 1.36 bits per heavy atom. The molecule has 1 fully saturated rings. The van der Waals surface area contributed by atoms with Crippen LogP contribution in [0.4, 0.5) is 0 Å². The third kappa shape index (κ3) is 4.12. The van der Waals surface area contributed by atoms with Crippen molar-refractivity contribution in [1.29, 1.82) is 0 Å². The van der Waals surface area contributed by atoms with Crippen LogP contribution in [0.5, 0.6) is 0 Å². The van der Waals surface area contributed by atoms with Crippen molar-refractivity contribution in [2.45, 2.75) is 57.9 Å². The van der Waals surface area contributed by atoms with E-state index in [0.29, 0.717) is 17.7 Å². The Hall–Kier alpha value is -1.30. The lowest BCUT2D eigenvalue weighted by molar-refractivity contribution is 0.0581. The summed E-state index contributed by atoms with van der Waals surface area (Å²) in [5, 5.41) is 0. The number of carbonyl (C=O) groups is 1. The molecular formula is C16H25NO4S. The van der Waals surface area contributed by atoms with E-state index in [-0.39, 0.29) is 23.5 Å². The van der Waals surface area contributed by atoms with E-state index in [1.807, 2.05) is 4.90 Å². The summed E-state index contributed by atoms with van der Waals surface area (Å²) in [5.74, 6) is 0.661. The average Bonchev–Trinajstić information content (AvgIpc) is 3.15. The molecule has 0 saturated heterocycles. The van der Waals surface area contributed by atoms with Gasteiger partial charge in [0.25, 0.3) is 5.91 Å². The molecule has 0 spiro atoms. The molecular weight excluding hydrogens is 302 g/mol. The van der Waals surface area contributed by atoms with E-state index in [2.05, 4.69) is 20.8 Å². The second-order valence-electron chi connectivity index (χ2n) is 6.41. The minimum Gasteiger partial charge on any atom is -0.455 e. The second-order valence-corrected chi connectivity index (χ2v) is 8.55. The molecule has 1 aliphatic carbocycles. The van der Waals surface area contributed by atoms with Crippen LogP contribution in [0.25, 0.3) is 0 Å². The van der Waals surface area contributed by atoms with E-state index >= 15 is 0 Å². The van der Waals surface area contributed by atoms with Crippen LogP contribution in [0.2, 0.25) is 0 Å². The first-order valence-electron chi connectivity index (χ1n) is 7.82. The molecule has 0 N–H and O–H groups in total. The van der Waals surface area contributed by atoms with E-state index in [0.717, 1.165) is 25.5 Å². The summed E-state index contributed by atoms with van der Waals surface area (Å²) in [5.41, 5.74) is 0. The number of rotatable bonds is 7. The normalized spacial score (nSPS) is 18.0. The first-order valence-corrected chi connectivity index (χ1v) is 9.88. The fourth-order valence-corrected chi connectivity index (χ4v) is 3.28. The van der Waals surface area contributed by atoms with Crippen molar-refractivity contribution < 1.29 is 17.6 Å². The number of carbonyl (C=O) groups excluding carboxylic acids is 1. The molecule has 0 bridgehead atoms. The first kappa shape index (κ1) is 17.1. The lowest BCUT2D eigenvalue weighted by atomic mass is 9.99. The standard InChI is InChI=1S/C16H25NO4S/c1-5-11(2)12(3)17(13-6-7-13)16(18)15-9-8-14(21-15)10-22(4,19)20/h8-9,11-13H,5-7,10H2,1-4H3. The molecule has 2 rings (SSSR count). The van der Waals surface area contributed by atoms with Crippen molar-refractivity contribution in [3.8, 4) is 0 Å². The largest absolute Gasteiger partial charge is 0.455 e. The van der Waals surface area contributed by atoms with Crippen molar-refractivity contribution in [3.05, 3.63) is 23.7 Å². The van der Waals surface area contributed by atoms with Crippen LogP contribution in [0.1, 0.15) is 56.3 Å². The molecule has 0 radical (unpaired) electrons. The number of sulfone groups is 1. The minimum absolute atomic E-state index is 0.130. The van der Waals surface area contributed by atoms with E-state index in [1.165, 1.54) is 0 Å². The molecule has 22 heavy (non-hydrogen) atoms. The van der Waals surface area contributed by atoms with Crippen LogP contribution >= 0.6 is 0 Å². The van der Waals surface area contributed by atoms with Crippen LogP contribution in [-0.2, 0) is 15.6 Å². The Labute approximate surface area is 132 Å². The molecule has 1 aliphatic rings. The third-order valence-electron chi connectivity index (χ3n) is 4.36. The maximum Gasteiger partial charge on any atom is 0.290 e. The molecule has 1 amide bonds. The number of nitrogens with zero attached hydrogens (tertiary/aromatic N) is 1. The Bertz CT molecular complexity index is 630. The first-order chi connectivity index (χ1) is 10.2. The predicted octanol–water partition coefficient (Wildman–Crippen LogP) is 2.86. The van der Waals surface area contributed by atoms with Crippen molar-refractivity contribution in [2.24, 2.45) is 5.92 Å². The van der Waals surface area contributed by atoms with E-state index < -0.39 is 9.84 Å². The highest BCUT2D eigenvalue weighted by Crippen LogP contribution is 2.33. The fraction of sp³-hybridized carbons (Fsp3) is 0.688. The highest BCUT2D eigenvalue weighted by molar-refractivity contribution is 7.89. The Morgan fingerprint density at radius 3 is 2.50 bits per heavy atom. The van der Waals surface area contributed by atoms with Crippen molar-refractivity contribution in [1.82, 2.24) is 4.90 Å². The molecule has 124 valence electrons. The molecule has 1 aromatic heterocycles. The van der Waals surface area contributed by atoms with Gasteiger partial charge in [0.05, 0.1) is 0 Å². The Balaban J connectivity index is 2.17. The molecule has 0 aliphatic heterocycles. The van der Waals surface area contributed by atoms with Gasteiger partial charge in [-0.2, -0.15) is 0 Å². The predicted molar refractivity (Wildman–Crippen MR) is 85.4 cm³/mol. The van der Waals surface area contributed by atoms with Gasteiger partial charge in [0, 0.05) is 18.3 Å². The van der Waals surface area contributed by atoms with Gasteiger partial charge in [-0.3, -0.25) is 4.79 Å². The van der Waals surface area contributed by atoms with Crippen LogP contribution in [0, 0.1) is 5.92 Å². The summed E-state index contributed by atoms with van der Waals surface area (Å²) in [6, 6.07) is 3.60. The maximum atomic E-state index is 12.7. The summed E-state index contributed by atoms with van der Waals surface area (Å²) in [4.78, 5) is 14.7. The van der Waals surface area contributed by atoms with Gasteiger partial charge in [-0.1, -0.05) is 20.3 Å². The lowest BCUT2D eigenvalue weighted by Crippen LogP contribution is -2.43.